The molecule has 2 bridgehead atoms. The maximum atomic E-state index is 12.6. The van der Waals surface area contributed by atoms with E-state index in [0.717, 1.165) is 12.8 Å². The number of imide groups is 1. The minimum absolute atomic E-state index is 0.139. The van der Waals surface area contributed by atoms with Gasteiger partial charge in [0.2, 0.25) is 11.8 Å². The second-order valence-electron chi connectivity index (χ2n) is 5.58. The van der Waals surface area contributed by atoms with E-state index in [9.17, 15) is 9.59 Å². The van der Waals surface area contributed by atoms with Crippen LogP contribution in [0.1, 0.15) is 12.8 Å². The Labute approximate surface area is 135 Å². The minimum atomic E-state index is -0.371. The van der Waals surface area contributed by atoms with E-state index in [1.165, 1.54) is 17.0 Å². The van der Waals surface area contributed by atoms with Crippen molar-refractivity contribution in [1.29, 1.82) is 0 Å². The minimum Gasteiger partial charge on any atom is -0.373 e. The molecule has 4 nitrogen and oxygen atoms in total. The lowest BCUT2D eigenvalue weighted by Crippen LogP contribution is -2.34. The molecule has 2 amide bonds. The van der Waals surface area contributed by atoms with Crippen LogP contribution in [0.4, 0.5) is 5.69 Å². The highest BCUT2D eigenvalue weighted by molar-refractivity contribution is 6.48. The number of carbonyl (C=O) groups excluding carboxylic acids is 2. The van der Waals surface area contributed by atoms with Gasteiger partial charge in [-0.3, -0.25) is 9.59 Å². The zero-order valence-electron chi connectivity index (χ0n) is 10.7. The van der Waals surface area contributed by atoms with Crippen molar-refractivity contribution in [1.82, 2.24) is 0 Å². The predicted molar refractivity (Wildman–Crippen MR) is 78.8 cm³/mol. The highest BCUT2D eigenvalue weighted by atomic mass is 35.5. The number of amides is 2. The summed E-state index contributed by atoms with van der Waals surface area (Å²) in [4.78, 5) is 26.4. The van der Waals surface area contributed by atoms with Gasteiger partial charge in [0.1, 0.15) is 0 Å². The summed E-state index contributed by atoms with van der Waals surface area (Å²) in [5.74, 6) is -1.20. The molecule has 1 aromatic rings. The number of benzene rings is 1. The highest BCUT2D eigenvalue weighted by Crippen LogP contribution is 2.50. The number of rotatable bonds is 1. The zero-order valence-corrected chi connectivity index (χ0v) is 13.0. The Morgan fingerprint density at radius 3 is 1.90 bits per heavy atom. The van der Waals surface area contributed by atoms with Gasteiger partial charge in [-0.05, 0) is 25.0 Å². The first kappa shape index (κ1) is 13.8. The largest absolute Gasteiger partial charge is 0.373 e. The Bertz CT molecular complexity index is 626. The third-order valence-corrected chi connectivity index (χ3v) is 5.71. The predicted octanol–water partition coefficient (Wildman–Crippen LogP) is 3.31. The molecule has 7 heteroatoms. The molecule has 3 saturated heterocycles. The van der Waals surface area contributed by atoms with Crippen molar-refractivity contribution in [2.75, 3.05) is 4.90 Å². The molecule has 1 aromatic carbocycles. The molecule has 0 N–H and O–H groups in total. The number of halogens is 3. The number of hydrogen-bond donors (Lipinski definition) is 0. The van der Waals surface area contributed by atoms with Crippen LogP contribution in [0.2, 0.25) is 15.1 Å². The Balaban J connectivity index is 1.77. The van der Waals surface area contributed by atoms with E-state index < -0.39 is 0 Å². The molecule has 4 rings (SSSR count). The monoisotopic (exact) mass is 345 g/mol. The Kier molecular flexibility index (Phi) is 3.02. The average Bonchev–Trinajstić information content (AvgIpc) is 3.10. The standard InChI is InChI=1S/C14H10Cl3NO3/c15-6-3-5(4-7(16)12(6)17)18-13(19)10-8-1-2-9(21-8)11(10)14(18)20/h3-4,8-11H,1-2H2. The van der Waals surface area contributed by atoms with E-state index in [-0.39, 0.29) is 50.9 Å². The second kappa shape index (κ2) is 4.59. The van der Waals surface area contributed by atoms with Crippen molar-refractivity contribution in [2.45, 2.75) is 25.0 Å². The van der Waals surface area contributed by atoms with Crippen molar-refractivity contribution >= 4 is 52.3 Å². The quantitative estimate of drug-likeness (QED) is 0.579. The van der Waals surface area contributed by atoms with Crippen LogP contribution in [0.3, 0.4) is 0 Å². The first-order valence-electron chi connectivity index (χ1n) is 6.67. The van der Waals surface area contributed by atoms with Crippen molar-refractivity contribution in [3.63, 3.8) is 0 Å². The Morgan fingerprint density at radius 2 is 1.43 bits per heavy atom. The van der Waals surface area contributed by atoms with Gasteiger partial charge in [0, 0.05) is 0 Å². The van der Waals surface area contributed by atoms with Crippen molar-refractivity contribution < 1.29 is 14.3 Å². The topological polar surface area (TPSA) is 46.6 Å². The molecular formula is C14H10Cl3NO3. The maximum absolute atomic E-state index is 12.6. The lowest BCUT2D eigenvalue weighted by atomic mass is 9.81. The molecule has 4 atom stereocenters. The molecule has 110 valence electrons. The molecule has 3 heterocycles. The van der Waals surface area contributed by atoms with Crippen LogP contribution in [-0.4, -0.2) is 24.0 Å². The van der Waals surface area contributed by atoms with Gasteiger partial charge < -0.3 is 4.74 Å². The summed E-state index contributed by atoms with van der Waals surface area (Å²) in [5.41, 5.74) is 0.373. The first-order chi connectivity index (χ1) is 9.99. The first-order valence-corrected chi connectivity index (χ1v) is 7.80. The fourth-order valence-electron chi connectivity index (χ4n) is 3.64. The van der Waals surface area contributed by atoms with Gasteiger partial charge in [0.15, 0.2) is 0 Å². The number of hydrogen-bond acceptors (Lipinski definition) is 3. The summed E-state index contributed by atoms with van der Waals surface area (Å²) in [5, 5.41) is 0.650. The van der Waals surface area contributed by atoms with Gasteiger partial charge in [0.25, 0.3) is 0 Å². The summed E-state index contributed by atoms with van der Waals surface area (Å²) in [7, 11) is 0. The molecule has 0 aromatic heterocycles. The van der Waals surface area contributed by atoms with Crippen molar-refractivity contribution in [3.8, 4) is 0 Å². The van der Waals surface area contributed by atoms with Crippen molar-refractivity contribution in [2.24, 2.45) is 11.8 Å². The van der Waals surface area contributed by atoms with E-state index in [1.807, 2.05) is 0 Å². The number of anilines is 1. The molecule has 3 fully saturated rings. The van der Waals surface area contributed by atoms with Crippen LogP contribution in [0.5, 0.6) is 0 Å². The molecule has 0 radical (unpaired) electrons. The summed E-state index contributed by atoms with van der Waals surface area (Å²) >= 11 is 17.9. The molecular weight excluding hydrogens is 337 g/mol. The summed E-state index contributed by atoms with van der Waals surface area (Å²) in [6.45, 7) is 0. The lowest BCUT2D eigenvalue weighted by Gasteiger charge is -2.18. The van der Waals surface area contributed by atoms with E-state index >= 15 is 0 Å². The van der Waals surface area contributed by atoms with E-state index in [0.29, 0.717) is 5.69 Å². The van der Waals surface area contributed by atoms with Crippen LogP contribution in [0.25, 0.3) is 0 Å². The smallest absolute Gasteiger partial charge is 0.240 e. The maximum Gasteiger partial charge on any atom is 0.240 e. The Morgan fingerprint density at radius 1 is 0.952 bits per heavy atom. The van der Waals surface area contributed by atoms with E-state index in [1.54, 1.807) is 0 Å². The third-order valence-electron chi connectivity index (χ3n) is 4.51. The van der Waals surface area contributed by atoms with Gasteiger partial charge >= 0.3 is 0 Å². The molecule has 4 unspecified atom stereocenters. The Hall–Kier alpha value is -0.810. The van der Waals surface area contributed by atoms with Gasteiger partial charge in [-0.15, -0.1) is 0 Å². The van der Waals surface area contributed by atoms with E-state index in [2.05, 4.69) is 0 Å². The summed E-state index contributed by atoms with van der Waals surface area (Å²) in [6, 6.07) is 2.99. The second-order valence-corrected chi connectivity index (χ2v) is 6.77. The molecule has 21 heavy (non-hydrogen) atoms. The van der Waals surface area contributed by atoms with Gasteiger partial charge in [-0.25, -0.2) is 4.90 Å². The van der Waals surface area contributed by atoms with Crippen LogP contribution >= 0.6 is 34.8 Å². The van der Waals surface area contributed by atoms with Crippen molar-refractivity contribution in [3.05, 3.63) is 27.2 Å². The molecule has 3 aliphatic heterocycles. The number of ether oxygens (including phenoxy) is 1. The molecule has 0 saturated carbocycles. The number of fused-ring (bicyclic) bond motifs is 5. The fraction of sp³-hybridized carbons (Fsp3) is 0.429. The average molecular weight is 347 g/mol. The lowest BCUT2D eigenvalue weighted by molar-refractivity contribution is -0.124. The molecule has 0 aliphatic carbocycles. The SMILES string of the molecule is O=C1C2C3CCC(O3)C2C(=O)N1c1cc(Cl)c(Cl)c(Cl)c1. The zero-order chi connectivity index (χ0) is 14.9. The summed E-state index contributed by atoms with van der Waals surface area (Å²) < 4.78 is 5.69. The van der Waals surface area contributed by atoms with Crippen LogP contribution in [0, 0.1) is 11.8 Å². The highest BCUT2D eigenvalue weighted by Gasteiger charge is 2.62. The van der Waals surface area contributed by atoms with Crippen LogP contribution in [0.15, 0.2) is 12.1 Å². The number of carbonyl (C=O) groups is 2. The fourth-order valence-corrected chi connectivity index (χ4v) is 4.22. The van der Waals surface area contributed by atoms with Crippen LogP contribution in [-0.2, 0) is 14.3 Å². The van der Waals surface area contributed by atoms with Gasteiger partial charge in [-0.1, -0.05) is 34.8 Å². The normalized spacial score (nSPS) is 34.0. The molecule has 0 spiro atoms. The van der Waals surface area contributed by atoms with Gasteiger partial charge in [0.05, 0.1) is 44.8 Å². The van der Waals surface area contributed by atoms with E-state index in [4.69, 9.17) is 39.5 Å². The number of nitrogens with zero attached hydrogens (tertiary/aromatic N) is 1. The third kappa shape index (κ3) is 1.80. The summed E-state index contributed by atoms with van der Waals surface area (Å²) in [6.07, 6.45) is 1.39. The van der Waals surface area contributed by atoms with Gasteiger partial charge in [-0.2, -0.15) is 0 Å². The molecule has 3 aliphatic rings. The van der Waals surface area contributed by atoms with Crippen LogP contribution < -0.4 is 4.90 Å².